The lowest BCUT2D eigenvalue weighted by atomic mass is 9.82. The van der Waals surface area contributed by atoms with Crippen LogP contribution in [0, 0.1) is 16.7 Å². The fourth-order valence-electron chi connectivity index (χ4n) is 2.30. The molecule has 1 N–H and O–H groups in total. The molecule has 0 saturated carbocycles. The Hall–Kier alpha value is -2.02. The summed E-state index contributed by atoms with van der Waals surface area (Å²) in [6, 6.07) is 9.22. The van der Waals surface area contributed by atoms with Crippen LogP contribution in [0.25, 0.3) is 0 Å². The standard InChI is InChI=1S/C15H18N2O2/c1-15(11-16)6-8-17(9-7-15)14(19)10-12-4-2-3-5-13(12)18/h2-5,18H,6-10H2,1H3. The minimum absolute atomic E-state index is 0.0153. The average molecular weight is 258 g/mol. The lowest BCUT2D eigenvalue weighted by Gasteiger charge is -2.35. The van der Waals surface area contributed by atoms with Crippen molar-refractivity contribution >= 4 is 5.91 Å². The third-order valence-electron chi connectivity index (χ3n) is 3.82. The van der Waals surface area contributed by atoms with Crippen LogP contribution in [0.15, 0.2) is 24.3 Å². The number of nitrogens with zero attached hydrogens (tertiary/aromatic N) is 2. The number of carbonyl (C=O) groups is 1. The van der Waals surface area contributed by atoms with Crippen molar-refractivity contribution in [1.29, 1.82) is 5.26 Å². The molecule has 0 aliphatic carbocycles. The number of aromatic hydroxyl groups is 1. The van der Waals surface area contributed by atoms with Gasteiger partial charge in [0, 0.05) is 18.7 Å². The highest BCUT2D eigenvalue weighted by Crippen LogP contribution is 2.30. The molecule has 19 heavy (non-hydrogen) atoms. The number of piperidine rings is 1. The van der Waals surface area contributed by atoms with Gasteiger partial charge in [-0.3, -0.25) is 4.79 Å². The Morgan fingerprint density at radius 2 is 2.05 bits per heavy atom. The summed E-state index contributed by atoms with van der Waals surface area (Å²) in [6.45, 7) is 3.19. The molecule has 1 heterocycles. The number of hydrogen-bond donors (Lipinski definition) is 1. The van der Waals surface area contributed by atoms with Gasteiger partial charge in [-0.1, -0.05) is 18.2 Å². The summed E-state index contributed by atoms with van der Waals surface area (Å²) < 4.78 is 0. The van der Waals surface area contributed by atoms with E-state index in [0.717, 1.165) is 12.8 Å². The summed E-state index contributed by atoms with van der Waals surface area (Å²) >= 11 is 0. The van der Waals surface area contributed by atoms with Crippen LogP contribution in [-0.4, -0.2) is 29.0 Å². The highest BCUT2D eigenvalue weighted by molar-refractivity contribution is 5.79. The Kier molecular flexibility index (Phi) is 3.75. The molecule has 2 rings (SSSR count). The van der Waals surface area contributed by atoms with Crippen LogP contribution >= 0.6 is 0 Å². The summed E-state index contributed by atoms with van der Waals surface area (Å²) in [5.41, 5.74) is 0.354. The first kappa shape index (κ1) is 13.4. The third kappa shape index (κ3) is 3.05. The predicted molar refractivity (Wildman–Crippen MR) is 71.3 cm³/mol. The molecule has 0 spiro atoms. The van der Waals surface area contributed by atoms with Crippen LogP contribution in [0.4, 0.5) is 0 Å². The average Bonchev–Trinajstić information content (AvgIpc) is 2.42. The maximum atomic E-state index is 12.2. The van der Waals surface area contributed by atoms with Gasteiger partial charge in [0.2, 0.25) is 5.91 Å². The molecule has 1 aliphatic heterocycles. The van der Waals surface area contributed by atoms with Crippen molar-refractivity contribution in [2.24, 2.45) is 5.41 Å². The molecular formula is C15H18N2O2. The summed E-state index contributed by atoms with van der Waals surface area (Å²) in [5.74, 6) is 0.177. The molecule has 0 aromatic heterocycles. The topological polar surface area (TPSA) is 64.3 Å². The Labute approximate surface area is 113 Å². The van der Waals surface area contributed by atoms with Gasteiger partial charge in [0.05, 0.1) is 17.9 Å². The first-order chi connectivity index (χ1) is 9.04. The van der Waals surface area contributed by atoms with E-state index in [1.165, 1.54) is 0 Å². The van der Waals surface area contributed by atoms with E-state index < -0.39 is 0 Å². The minimum atomic E-state index is -0.300. The molecule has 0 unspecified atom stereocenters. The Bertz CT molecular complexity index is 511. The molecule has 100 valence electrons. The summed E-state index contributed by atoms with van der Waals surface area (Å²) in [4.78, 5) is 13.9. The first-order valence-corrected chi connectivity index (χ1v) is 6.50. The lowest BCUT2D eigenvalue weighted by molar-refractivity contribution is -0.132. The molecule has 1 aliphatic rings. The van der Waals surface area contributed by atoms with Crippen LogP contribution < -0.4 is 0 Å². The quantitative estimate of drug-likeness (QED) is 0.883. The van der Waals surface area contributed by atoms with Gasteiger partial charge in [0.25, 0.3) is 0 Å². The zero-order chi connectivity index (χ0) is 13.9. The lowest BCUT2D eigenvalue weighted by Crippen LogP contribution is -2.42. The number of rotatable bonds is 2. The van der Waals surface area contributed by atoms with Crippen molar-refractivity contribution in [3.63, 3.8) is 0 Å². The molecule has 1 saturated heterocycles. The fraction of sp³-hybridized carbons (Fsp3) is 0.467. The Morgan fingerprint density at radius 3 is 2.63 bits per heavy atom. The largest absolute Gasteiger partial charge is 0.508 e. The number of hydrogen-bond acceptors (Lipinski definition) is 3. The van der Waals surface area contributed by atoms with Crippen LogP contribution in [0.2, 0.25) is 0 Å². The van der Waals surface area contributed by atoms with Gasteiger partial charge < -0.3 is 10.0 Å². The first-order valence-electron chi connectivity index (χ1n) is 6.50. The highest BCUT2D eigenvalue weighted by Gasteiger charge is 2.31. The van der Waals surface area contributed by atoms with E-state index in [0.29, 0.717) is 18.7 Å². The Morgan fingerprint density at radius 1 is 1.42 bits per heavy atom. The number of carbonyl (C=O) groups excluding carboxylic acids is 1. The number of amides is 1. The number of benzene rings is 1. The van der Waals surface area contributed by atoms with Crippen LogP contribution in [0.1, 0.15) is 25.3 Å². The molecule has 0 radical (unpaired) electrons. The van der Waals surface area contributed by atoms with E-state index in [4.69, 9.17) is 5.26 Å². The van der Waals surface area contributed by atoms with Crippen LogP contribution in [-0.2, 0) is 11.2 Å². The molecule has 0 atom stereocenters. The van der Waals surface area contributed by atoms with Gasteiger partial charge in [-0.15, -0.1) is 0 Å². The second-order valence-corrected chi connectivity index (χ2v) is 5.36. The molecule has 1 fully saturated rings. The van der Waals surface area contributed by atoms with Gasteiger partial charge in [0.15, 0.2) is 0 Å². The molecule has 4 nitrogen and oxygen atoms in total. The van der Waals surface area contributed by atoms with Gasteiger partial charge in [-0.2, -0.15) is 5.26 Å². The summed E-state index contributed by atoms with van der Waals surface area (Å²) in [7, 11) is 0. The van der Waals surface area contributed by atoms with E-state index in [2.05, 4.69) is 6.07 Å². The molecule has 0 bridgehead atoms. The molecule has 1 aromatic carbocycles. The molecular weight excluding hydrogens is 240 g/mol. The van der Waals surface area contributed by atoms with Gasteiger partial charge in [-0.05, 0) is 25.8 Å². The number of phenolic OH excluding ortho intramolecular Hbond substituents is 1. The maximum absolute atomic E-state index is 12.2. The van der Waals surface area contributed by atoms with Crippen LogP contribution in [0.5, 0.6) is 5.75 Å². The summed E-state index contributed by atoms with van der Waals surface area (Å²) in [6.07, 6.45) is 1.65. The third-order valence-corrected chi connectivity index (χ3v) is 3.82. The molecule has 1 aromatic rings. The second kappa shape index (κ2) is 5.31. The molecule has 4 heteroatoms. The van der Waals surface area contributed by atoms with E-state index in [9.17, 15) is 9.90 Å². The number of nitriles is 1. The van der Waals surface area contributed by atoms with Gasteiger partial charge in [-0.25, -0.2) is 0 Å². The van der Waals surface area contributed by atoms with Crippen molar-refractivity contribution in [2.45, 2.75) is 26.2 Å². The number of phenols is 1. The van der Waals surface area contributed by atoms with E-state index in [1.807, 2.05) is 13.0 Å². The van der Waals surface area contributed by atoms with Gasteiger partial charge in [0.1, 0.15) is 5.75 Å². The van der Waals surface area contributed by atoms with E-state index >= 15 is 0 Å². The monoisotopic (exact) mass is 258 g/mol. The van der Waals surface area contributed by atoms with E-state index in [-0.39, 0.29) is 23.5 Å². The minimum Gasteiger partial charge on any atom is -0.508 e. The van der Waals surface area contributed by atoms with Crippen molar-refractivity contribution in [2.75, 3.05) is 13.1 Å². The van der Waals surface area contributed by atoms with Crippen molar-refractivity contribution in [1.82, 2.24) is 4.90 Å². The zero-order valence-electron chi connectivity index (χ0n) is 11.1. The number of likely N-dealkylation sites (tertiary alicyclic amines) is 1. The molecule has 1 amide bonds. The van der Waals surface area contributed by atoms with Gasteiger partial charge >= 0.3 is 0 Å². The van der Waals surface area contributed by atoms with Crippen molar-refractivity contribution in [3.8, 4) is 11.8 Å². The predicted octanol–water partition coefficient (Wildman–Crippen LogP) is 2.09. The second-order valence-electron chi connectivity index (χ2n) is 5.36. The van der Waals surface area contributed by atoms with Crippen molar-refractivity contribution < 1.29 is 9.90 Å². The normalized spacial score (nSPS) is 17.8. The van der Waals surface area contributed by atoms with Crippen molar-refractivity contribution in [3.05, 3.63) is 29.8 Å². The zero-order valence-corrected chi connectivity index (χ0v) is 11.1. The summed E-state index contributed by atoms with van der Waals surface area (Å²) in [5, 5.41) is 18.7. The maximum Gasteiger partial charge on any atom is 0.227 e. The fourth-order valence-corrected chi connectivity index (χ4v) is 2.30. The van der Waals surface area contributed by atoms with E-state index in [1.54, 1.807) is 23.1 Å². The highest BCUT2D eigenvalue weighted by atomic mass is 16.3. The number of para-hydroxylation sites is 1. The van der Waals surface area contributed by atoms with Crippen LogP contribution in [0.3, 0.4) is 0 Å². The smallest absolute Gasteiger partial charge is 0.227 e. The Balaban J connectivity index is 1.96. The SMILES string of the molecule is CC1(C#N)CCN(C(=O)Cc2ccccc2O)CC1.